The fourth-order valence-corrected chi connectivity index (χ4v) is 1.80. The number of amides is 1. The van der Waals surface area contributed by atoms with Crippen molar-refractivity contribution >= 4 is 5.91 Å². The Labute approximate surface area is 91.0 Å². The maximum Gasteiger partial charge on any atom is 0.239 e. The summed E-state index contributed by atoms with van der Waals surface area (Å²) in [6.07, 6.45) is 0. The Hall–Kier alpha value is -0.650. The van der Waals surface area contributed by atoms with E-state index in [0.717, 1.165) is 26.2 Å². The smallest absolute Gasteiger partial charge is 0.239 e. The summed E-state index contributed by atoms with van der Waals surface area (Å²) in [4.78, 5) is 15.6. The van der Waals surface area contributed by atoms with E-state index in [9.17, 15) is 4.79 Å². The molecule has 0 spiro atoms. The van der Waals surface area contributed by atoms with E-state index in [1.807, 2.05) is 6.92 Å². The Morgan fingerprint density at radius 3 is 2.67 bits per heavy atom. The highest BCUT2D eigenvalue weighted by Crippen LogP contribution is 2.04. The number of rotatable bonds is 4. The summed E-state index contributed by atoms with van der Waals surface area (Å²) >= 11 is 0. The van der Waals surface area contributed by atoms with Crippen molar-refractivity contribution in [2.45, 2.75) is 13.0 Å². The summed E-state index contributed by atoms with van der Waals surface area (Å²) in [7, 11) is 1.73. The van der Waals surface area contributed by atoms with Crippen molar-refractivity contribution in [1.29, 1.82) is 0 Å². The quantitative estimate of drug-likeness (QED) is 0.614. The zero-order chi connectivity index (χ0) is 11.3. The second-order valence-corrected chi connectivity index (χ2v) is 3.95. The molecule has 2 N–H and O–H groups in total. The van der Waals surface area contributed by atoms with E-state index < -0.39 is 0 Å². The molecule has 0 radical (unpaired) electrons. The summed E-state index contributed by atoms with van der Waals surface area (Å²) in [5, 5.41) is 12.0. The lowest BCUT2D eigenvalue weighted by molar-refractivity contribution is -0.135. The number of nitrogens with one attached hydrogen (secondary N) is 1. The molecular weight excluding hydrogens is 194 g/mol. The van der Waals surface area contributed by atoms with Crippen molar-refractivity contribution in [1.82, 2.24) is 15.1 Å². The number of hydrogen-bond donors (Lipinski definition) is 2. The molecular formula is C10H21N3O2. The van der Waals surface area contributed by atoms with E-state index in [1.165, 1.54) is 0 Å². The molecule has 15 heavy (non-hydrogen) atoms. The van der Waals surface area contributed by atoms with Crippen LogP contribution in [0.1, 0.15) is 6.92 Å². The second kappa shape index (κ2) is 6.05. The molecule has 1 aliphatic rings. The van der Waals surface area contributed by atoms with Gasteiger partial charge in [-0.3, -0.25) is 9.69 Å². The van der Waals surface area contributed by atoms with Gasteiger partial charge in [0.15, 0.2) is 0 Å². The Morgan fingerprint density at radius 1 is 1.53 bits per heavy atom. The minimum absolute atomic E-state index is 0.0243. The summed E-state index contributed by atoms with van der Waals surface area (Å²) in [6.45, 7) is 6.09. The lowest BCUT2D eigenvalue weighted by Crippen LogP contribution is -2.53. The standard InChI is InChI=1S/C10H21N3O2/c1-9(10(15)12(2)7-8-14)13-5-3-11-4-6-13/h9,11,14H,3-8H2,1-2H3. The fraction of sp³-hybridized carbons (Fsp3) is 0.900. The van der Waals surface area contributed by atoms with Crippen molar-refractivity contribution < 1.29 is 9.90 Å². The van der Waals surface area contributed by atoms with Gasteiger partial charge in [-0.25, -0.2) is 0 Å². The van der Waals surface area contributed by atoms with E-state index >= 15 is 0 Å². The number of aliphatic hydroxyl groups excluding tert-OH is 1. The zero-order valence-corrected chi connectivity index (χ0v) is 9.57. The number of hydrogen-bond acceptors (Lipinski definition) is 4. The van der Waals surface area contributed by atoms with Crippen molar-refractivity contribution in [3.05, 3.63) is 0 Å². The van der Waals surface area contributed by atoms with Gasteiger partial charge in [-0.2, -0.15) is 0 Å². The molecule has 1 rings (SSSR count). The average molecular weight is 215 g/mol. The molecule has 1 aliphatic heterocycles. The molecule has 5 nitrogen and oxygen atoms in total. The lowest BCUT2D eigenvalue weighted by atomic mass is 10.2. The average Bonchev–Trinajstić information content (AvgIpc) is 2.28. The molecule has 0 saturated carbocycles. The second-order valence-electron chi connectivity index (χ2n) is 3.95. The first-order valence-corrected chi connectivity index (χ1v) is 5.47. The SMILES string of the molecule is CC(C(=O)N(C)CCO)N1CCNCC1. The van der Waals surface area contributed by atoms with Crippen LogP contribution in [0.4, 0.5) is 0 Å². The number of aliphatic hydroxyl groups is 1. The van der Waals surface area contributed by atoms with Crippen molar-refractivity contribution in [3.63, 3.8) is 0 Å². The Balaban J connectivity index is 2.43. The van der Waals surface area contributed by atoms with Crippen molar-refractivity contribution in [2.24, 2.45) is 0 Å². The van der Waals surface area contributed by atoms with Crippen LogP contribution in [0.5, 0.6) is 0 Å². The molecule has 0 bridgehead atoms. The van der Waals surface area contributed by atoms with Crippen LogP contribution in [0.25, 0.3) is 0 Å². The van der Waals surface area contributed by atoms with Crippen LogP contribution in [-0.2, 0) is 4.79 Å². The van der Waals surface area contributed by atoms with Crippen LogP contribution in [0.2, 0.25) is 0 Å². The lowest BCUT2D eigenvalue weighted by Gasteiger charge is -2.33. The first-order valence-electron chi connectivity index (χ1n) is 5.47. The van der Waals surface area contributed by atoms with E-state index in [1.54, 1.807) is 11.9 Å². The topological polar surface area (TPSA) is 55.8 Å². The molecule has 5 heteroatoms. The van der Waals surface area contributed by atoms with Crippen molar-refractivity contribution in [2.75, 3.05) is 46.4 Å². The minimum Gasteiger partial charge on any atom is -0.395 e. The third-order valence-corrected chi connectivity index (χ3v) is 2.87. The van der Waals surface area contributed by atoms with Crippen molar-refractivity contribution in [3.8, 4) is 0 Å². The molecule has 1 saturated heterocycles. The van der Waals surface area contributed by atoms with Crippen LogP contribution in [0.15, 0.2) is 0 Å². The first-order chi connectivity index (χ1) is 7.16. The molecule has 1 amide bonds. The summed E-state index contributed by atoms with van der Waals surface area (Å²) in [5.74, 6) is 0.0888. The largest absolute Gasteiger partial charge is 0.395 e. The third-order valence-electron chi connectivity index (χ3n) is 2.87. The Kier molecular flexibility index (Phi) is 5.01. The summed E-state index contributed by atoms with van der Waals surface area (Å²) in [6, 6.07) is -0.0800. The molecule has 1 heterocycles. The Bertz CT molecular complexity index is 205. The van der Waals surface area contributed by atoms with Gasteiger partial charge in [0.05, 0.1) is 12.6 Å². The first kappa shape index (κ1) is 12.4. The van der Waals surface area contributed by atoms with Crippen LogP contribution in [0.3, 0.4) is 0 Å². The van der Waals surface area contributed by atoms with Crippen LogP contribution in [-0.4, -0.2) is 73.2 Å². The minimum atomic E-state index is -0.0800. The molecule has 1 unspecified atom stereocenters. The predicted molar refractivity (Wildman–Crippen MR) is 58.6 cm³/mol. The highest BCUT2D eigenvalue weighted by molar-refractivity contribution is 5.81. The van der Waals surface area contributed by atoms with Gasteiger partial charge in [0.1, 0.15) is 0 Å². The predicted octanol–water partition coefficient (Wildman–Crippen LogP) is -1.27. The molecule has 0 aromatic heterocycles. The van der Waals surface area contributed by atoms with E-state index in [-0.39, 0.29) is 18.6 Å². The number of nitrogens with zero attached hydrogens (tertiary/aromatic N) is 2. The van der Waals surface area contributed by atoms with Gasteiger partial charge in [0.25, 0.3) is 0 Å². The van der Waals surface area contributed by atoms with Gasteiger partial charge in [0, 0.05) is 39.8 Å². The third kappa shape index (κ3) is 3.44. The normalized spacial score (nSPS) is 19.9. The molecule has 1 fully saturated rings. The summed E-state index contributed by atoms with van der Waals surface area (Å²) in [5.41, 5.74) is 0. The molecule has 0 aromatic rings. The van der Waals surface area contributed by atoms with E-state index in [0.29, 0.717) is 6.54 Å². The number of piperazine rings is 1. The van der Waals surface area contributed by atoms with Gasteiger partial charge in [-0.15, -0.1) is 0 Å². The number of likely N-dealkylation sites (N-methyl/N-ethyl adjacent to an activating group) is 1. The van der Waals surface area contributed by atoms with Gasteiger partial charge in [-0.1, -0.05) is 0 Å². The number of carbonyl (C=O) groups excluding carboxylic acids is 1. The highest BCUT2D eigenvalue weighted by atomic mass is 16.3. The van der Waals surface area contributed by atoms with Crippen LogP contribution < -0.4 is 5.32 Å². The maximum atomic E-state index is 11.9. The van der Waals surface area contributed by atoms with Gasteiger partial charge >= 0.3 is 0 Å². The maximum absolute atomic E-state index is 11.9. The van der Waals surface area contributed by atoms with E-state index in [4.69, 9.17) is 5.11 Å². The molecule has 0 aliphatic carbocycles. The van der Waals surface area contributed by atoms with Gasteiger partial charge in [0.2, 0.25) is 5.91 Å². The molecule has 1 atom stereocenters. The highest BCUT2D eigenvalue weighted by Gasteiger charge is 2.24. The summed E-state index contributed by atoms with van der Waals surface area (Å²) < 4.78 is 0. The Morgan fingerprint density at radius 2 is 2.13 bits per heavy atom. The van der Waals surface area contributed by atoms with E-state index in [2.05, 4.69) is 10.2 Å². The monoisotopic (exact) mass is 215 g/mol. The van der Waals surface area contributed by atoms with Gasteiger partial charge in [-0.05, 0) is 6.92 Å². The van der Waals surface area contributed by atoms with Crippen LogP contribution >= 0.6 is 0 Å². The number of carbonyl (C=O) groups is 1. The van der Waals surface area contributed by atoms with Crippen LogP contribution in [0, 0.1) is 0 Å². The molecule has 88 valence electrons. The zero-order valence-electron chi connectivity index (χ0n) is 9.57. The fourth-order valence-electron chi connectivity index (χ4n) is 1.80. The molecule has 0 aromatic carbocycles. The van der Waals surface area contributed by atoms with Gasteiger partial charge < -0.3 is 15.3 Å².